The summed E-state index contributed by atoms with van der Waals surface area (Å²) in [5.74, 6) is 1.37. The smallest absolute Gasteiger partial charge is 0.324 e. The second kappa shape index (κ2) is 9.04. The molecule has 0 bridgehead atoms. The number of H-pyrrole nitrogens is 1. The topological polar surface area (TPSA) is 124 Å². The number of aromatic amines is 1. The monoisotopic (exact) mass is 411 g/mol. The van der Waals surface area contributed by atoms with Crippen molar-refractivity contribution in [1.82, 2.24) is 24.9 Å². The van der Waals surface area contributed by atoms with E-state index in [4.69, 9.17) is 0 Å². The van der Waals surface area contributed by atoms with E-state index in [0.717, 1.165) is 17.9 Å². The molecule has 1 unspecified atom stereocenters. The normalized spacial score (nSPS) is 19.0. The molecule has 1 saturated carbocycles. The first-order valence-corrected chi connectivity index (χ1v) is 11.6. The van der Waals surface area contributed by atoms with E-state index < -0.39 is 10.0 Å². The van der Waals surface area contributed by atoms with Crippen LogP contribution in [0.3, 0.4) is 0 Å². The van der Waals surface area contributed by atoms with Gasteiger partial charge in [-0.1, -0.05) is 25.7 Å². The van der Waals surface area contributed by atoms with Crippen molar-refractivity contribution in [2.24, 2.45) is 5.92 Å². The highest BCUT2D eigenvalue weighted by Gasteiger charge is 2.26. The van der Waals surface area contributed by atoms with Crippen molar-refractivity contribution in [3.05, 3.63) is 17.7 Å². The quantitative estimate of drug-likeness (QED) is 0.376. The van der Waals surface area contributed by atoms with Crippen molar-refractivity contribution in [3.63, 3.8) is 0 Å². The minimum absolute atomic E-state index is 0.0333. The first-order chi connectivity index (χ1) is 13.3. The van der Waals surface area contributed by atoms with Gasteiger partial charge in [-0.05, 0) is 25.7 Å². The van der Waals surface area contributed by atoms with Crippen molar-refractivity contribution in [1.29, 1.82) is 0 Å². The lowest BCUT2D eigenvalue weighted by molar-refractivity contribution is -0.118. The Kier molecular flexibility index (Phi) is 6.71. The molecular weight excluding hydrogens is 382 g/mol. The van der Waals surface area contributed by atoms with Crippen molar-refractivity contribution in [2.75, 3.05) is 18.8 Å². The van der Waals surface area contributed by atoms with Gasteiger partial charge < -0.3 is 9.88 Å². The summed E-state index contributed by atoms with van der Waals surface area (Å²) >= 11 is 0. The summed E-state index contributed by atoms with van der Waals surface area (Å²) < 4.78 is 27.3. The first-order valence-electron chi connectivity index (χ1n) is 9.95. The van der Waals surface area contributed by atoms with Crippen LogP contribution >= 0.6 is 0 Å². The lowest BCUT2D eigenvalue weighted by Crippen LogP contribution is -2.30. The number of aromatic nitrogens is 2. The van der Waals surface area contributed by atoms with E-state index in [1.807, 2.05) is 0 Å². The molecule has 1 aromatic heterocycles. The standard InChI is InChI=1S/C18H29N5O4S/c1-13(15-11-19-16(20-15)10-14-6-5-7-14)22-28(26,27)9-4-2-3-8-23-12-17(24)21-18(23)25/h11,13-14,22H,2-10,12H2,1H3,(H,19,20)(H,21,24,25). The zero-order valence-corrected chi connectivity index (χ0v) is 17.1. The summed E-state index contributed by atoms with van der Waals surface area (Å²) in [5.41, 5.74) is 0.780. The fourth-order valence-corrected chi connectivity index (χ4v) is 4.87. The van der Waals surface area contributed by atoms with E-state index in [2.05, 4.69) is 20.0 Å². The fraction of sp³-hybridized carbons (Fsp3) is 0.722. The minimum Gasteiger partial charge on any atom is -0.345 e. The maximum Gasteiger partial charge on any atom is 0.324 e. The van der Waals surface area contributed by atoms with Crippen LogP contribution in [0.15, 0.2) is 6.20 Å². The summed E-state index contributed by atoms with van der Waals surface area (Å²) in [4.78, 5) is 31.6. The molecule has 156 valence electrons. The molecule has 10 heteroatoms. The largest absolute Gasteiger partial charge is 0.345 e. The van der Waals surface area contributed by atoms with Gasteiger partial charge in [-0.2, -0.15) is 0 Å². The lowest BCUT2D eigenvalue weighted by Gasteiger charge is -2.24. The molecule has 2 heterocycles. The Morgan fingerprint density at radius 1 is 1.29 bits per heavy atom. The second-order valence-corrected chi connectivity index (χ2v) is 9.65. The van der Waals surface area contributed by atoms with E-state index in [1.54, 1.807) is 13.1 Å². The van der Waals surface area contributed by atoms with Crippen LogP contribution in [-0.2, 0) is 21.2 Å². The number of nitrogens with one attached hydrogen (secondary N) is 3. The van der Waals surface area contributed by atoms with Crippen LogP contribution in [0, 0.1) is 5.92 Å². The number of sulfonamides is 1. The maximum atomic E-state index is 12.3. The zero-order valence-electron chi connectivity index (χ0n) is 16.2. The number of hydrogen-bond acceptors (Lipinski definition) is 5. The van der Waals surface area contributed by atoms with Crippen LogP contribution in [0.5, 0.6) is 0 Å². The van der Waals surface area contributed by atoms with Crippen LogP contribution in [0.25, 0.3) is 0 Å². The van der Waals surface area contributed by atoms with Gasteiger partial charge in [0.25, 0.3) is 0 Å². The van der Waals surface area contributed by atoms with Crippen LogP contribution in [0.2, 0.25) is 0 Å². The molecule has 1 aliphatic heterocycles. The number of amides is 3. The third-order valence-electron chi connectivity index (χ3n) is 5.39. The predicted octanol–water partition coefficient (Wildman–Crippen LogP) is 1.45. The molecule has 9 nitrogen and oxygen atoms in total. The molecule has 2 aliphatic rings. The number of urea groups is 1. The van der Waals surface area contributed by atoms with Crippen molar-refractivity contribution in [3.8, 4) is 0 Å². The Hall–Kier alpha value is -1.94. The fourth-order valence-electron chi connectivity index (χ4n) is 3.50. The third-order valence-corrected chi connectivity index (χ3v) is 6.93. The molecule has 1 saturated heterocycles. The molecule has 3 amide bonds. The molecule has 2 fully saturated rings. The van der Waals surface area contributed by atoms with Crippen LogP contribution < -0.4 is 10.0 Å². The van der Waals surface area contributed by atoms with Crippen molar-refractivity contribution < 1.29 is 18.0 Å². The number of nitrogens with zero attached hydrogens (tertiary/aromatic N) is 2. The lowest BCUT2D eigenvalue weighted by atomic mass is 9.83. The maximum absolute atomic E-state index is 12.3. The van der Waals surface area contributed by atoms with Crippen LogP contribution in [-0.4, -0.2) is 54.1 Å². The van der Waals surface area contributed by atoms with Gasteiger partial charge in [0.15, 0.2) is 0 Å². The second-order valence-electron chi connectivity index (χ2n) is 7.78. The molecule has 1 aromatic rings. The van der Waals surface area contributed by atoms with Gasteiger partial charge in [-0.15, -0.1) is 0 Å². The van der Waals surface area contributed by atoms with Gasteiger partial charge in [-0.3, -0.25) is 10.1 Å². The van der Waals surface area contributed by atoms with Gasteiger partial charge in [0, 0.05) is 19.2 Å². The SMILES string of the molecule is CC(NS(=O)(=O)CCCCCN1CC(=O)NC1=O)c1cnc(CC2CCC2)[nH]1. The van der Waals surface area contributed by atoms with E-state index in [9.17, 15) is 18.0 Å². The number of carbonyl (C=O) groups is 2. The van der Waals surface area contributed by atoms with E-state index in [0.29, 0.717) is 31.7 Å². The van der Waals surface area contributed by atoms with Gasteiger partial charge in [-0.25, -0.2) is 22.9 Å². The predicted molar refractivity (Wildman–Crippen MR) is 104 cm³/mol. The summed E-state index contributed by atoms with van der Waals surface area (Å²) in [6.45, 7) is 2.35. The van der Waals surface area contributed by atoms with Gasteiger partial charge in [0.2, 0.25) is 15.9 Å². The van der Waals surface area contributed by atoms with Gasteiger partial charge in [0.05, 0.1) is 17.5 Å². The Morgan fingerprint density at radius 2 is 2.07 bits per heavy atom. The van der Waals surface area contributed by atoms with Crippen LogP contribution in [0.4, 0.5) is 4.79 Å². The highest BCUT2D eigenvalue weighted by Crippen LogP contribution is 2.29. The van der Waals surface area contributed by atoms with Gasteiger partial charge in [0.1, 0.15) is 12.4 Å². The summed E-state index contributed by atoms with van der Waals surface area (Å²) in [7, 11) is -3.40. The summed E-state index contributed by atoms with van der Waals surface area (Å²) in [6.07, 6.45) is 8.26. The van der Waals surface area contributed by atoms with Gasteiger partial charge >= 0.3 is 6.03 Å². The average molecular weight is 412 g/mol. The van der Waals surface area contributed by atoms with E-state index in [1.165, 1.54) is 24.2 Å². The molecule has 1 aliphatic carbocycles. The molecule has 3 rings (SSSR count). The zero-order chi connectivity index (χ0) is 20.1. The molecular formula is C18H29N5O4S. The summed E-state index contributed by atoms with van der Waals surface area (Å²) in [5, 5.41) is 2.22. The highest BCUT2D eigenvalue weighted by atomic mass is 32.2. The molecule has 0 aromatic carbocycles. The molecule has 0 spiro atoms. The number of imide groups is 1. The average Bonchev–Trinajstić information content (AvgIpc) is 3.17. The number of hydrogen-bond donors (Lipinski definition) is 3. The van der Waals surface area contributed by atoms with Crippen molar-refractivity contribution >= 4 is 22.0 Å². The highest BCUT2D eigenvalue weighted by molar-refractivity contribution is 7.89. The minimum atomic E-state index is -3.40. The Morgan fingerprint density at radius 3 is 2.71 bits per heavy atom. The molecule has 0 radical (unpaired) electrons. The van der Waals surface area contributed by atoms with E-state index in [-0.39, 0.29) is 30.3 Å². The van der Waals surface area contributed by atoms with E-state index >= 15 is 0 Å². The Labute approximate surface area is 165 Å². The van der Waals surface area contributed by atoms with Crippen molar-refractivity contribution in [2.45, 2.75) is 57.9 Å². The Bertz CT molecular complexity index is 803. The number of unbranched alkanes of at least 4 members (excludes halogenated alkanes) is 2. The Balaban J connectivity index is 1.36. The molecule has 3 N–H and O–H groups in total. The van der Waals surface area contributed by atoms with Crippen LogP contribution in [0.1, 0.15) is 63.0 Å². The number of imidazole rings is 1. The number of rotatable bonds is 11. The summed E-state index contributed by atoms with van der Waals surface area (Å²) in [6, 6.07) is -0.726. The first kappa shape index (κ1) is 20.8. The third kappa shape index (κ3) is 5.78. The molecule has 1 atom stereocenters. The number of carbonyl (C=O) groups excluding carboxylic acids is 2. The molecule has 28 heavy (non-hydrogen) atoms.